The number of carbonyl (C=O) groups is 1. The van der Waals surface area contributed by atoms with Gasteiger partial charge in [0.05, 0.1) is 40.6 Å². The summed E-state index contributed by atoms with van der Waals surface area (Å²) < 4.78 is 40.4. The quantitative estimate of drug-likeness (QED) is 0.437. The van der Waals surface area contributed by atoms with Crippen molar-refractivity contribution in [2.75, 3.05) is 42.5 Å². The fraction of sp³-hybridized carbons (Fsp3) is 0.364. The molecule has 3 aromatic rings. The number of fused-ring (bicyclic) bond motifs is 1. The Bertz CT molecular complexity index is 1250. The number of aromatic nitrogens is 1. The highest BCUT2D eigenvalue weighted by Gasteiger charge is 2.18. The van der Waals surface area contributed by atoms with Gasteiger partial charge in [-0.25, -0.2) is 13.4 Å². The molecule has 4 rings (SSSR count). The lowest BCUT2D eigenvalue weighted by atomic mass is 10.2. The number of nitrogens with one attached hydrogen (secondary N) is 1. The van der Waals surface area contributed by atoms with Crippen LogP contribution < -0.4 is 14.4 Å². The molecule has 33 heavy (non-hydrogen) atoms. The molecule has 1 aromatic heterocycles. The number of rotatable bonds is 9. The molecule has 2 heterocycles. The summed E-state index contributed by atoms with van der Waals surface area (Å²) in [5.41, 5.74) is 1.94. The number of aryl methyl sites for hydroxylation is 1. The van der Waals surface area contributed by atoms with Gasteiger partial charge >= 0.3 is 5.97 Å². The molecule has 0 amide bonds. The Morgan fingerprint density at radius 2 is 2.03 bits per heavy atom. The lowest BCUT2D eigenvalue weighted by molar-refractivity contribution is -0.137. The minimum absolute atomic E-state index is 0.0213. The van der Waals surface area contributed by atoms with E-state index in [1.165, 1.54) is 23.5 Å². The van der Waals surface area contributed by atoms with Crippen molar-refractivity contribution in [1.29, 1.82) is 0 Å². The summed E-state index contributed by atoms with van der Waals surface area (Å²) in [4.78, 5) is 17.5. The second-order valence-corrected chi connectivity index (χ2v) is 10.3. The highest BCUT2D eigenvalue weighted by Crippen LogP contribution is 2.32. The SMILES string of the molecule is Cc1cc(S(=O)(=O)Nc2ccc3nc(N4CCOCC4)sc3c2)ccc1OCCCC(=O)O. The summed E-state index contributed by atoms with van der Waals surface area (Å²) in [6, 6.07) is 9.91. The third-order valence-corrected chi connectivity index (χ3v) is 7.62. The summed E-state index contributed by atoms with van der Waals surface area (Å²) in [6.45, 7) is 4.93. The topological polar surface area (TPSA) is 118 Å². The van der Waals surface area contributed by atoms with E-state index in [0.29, 0.717) is 36.6 Å². The minimum atomic E-state index is -3.80. The Morgan fingerprint density at radius 3 is 2.76 bits per heavy atom. The molecule has 0 saturated carbocycles. The minimum Gasteiger partial charge on any atom is -0.493 e. The van der Waals surface area contributed by atoms with Crippen molar-refractivity contribution in [3.63, 3.8) is 0 Å². The molecule has 0 atom stereocenters. The zero-order chi connectivity index (χ0) is 23.4. The third kappa shape index (κ3) is 5.73. The zero-order valence-electron chi connectivity index (χ0n) is 18.1. The summed E-state index contributed by atoms with van der Waals surface area (Å²) in [5, 5.41) is 9.60. The number of morpholine rings is 1. The van der Waals surface area contributed by atoms with Gasteiger partial charge in [0.2, 0.25) is 0 Å². The smallest absolute Gasteiger partial charge is 0.303 e. The lowest BCUT2D eigenvalue weighted by Crippen LogP contribution is -2.36. The van der Waals surface area contributed by atoms with Crippen LogP contribution in [0.4, 0.5) is 10.8 Å². The van der Waals surface area contributed by atoms with Gasteiger partial charge in [-0.2, -0.15) is 0 Å². The van der Waals surface area contributed by atoms with Crippen LogP contribution >= 0.6 is 11.3 Å². The van der Waals surface area contributed by atoms with E-state index in [1.807, 2.05) is 6.07 Å². The maximum atomic E-state index is 12.9. The van der Waals surface area contributed by atoms with Crippen LogP contribution in [-0.4, -0.2) is 57.4 Å². The maximum Gasteiger partial charge on any atom is 0.303 e. The maximum absolute atomic E-state index is 12.9. The zero-order valence-corrected chi connectivity index (χ0v) is 19.7. The molecule has 1 fully saturated rings. The molecular weight excluding hydrogens is 466 g/mol. The van der Waals surface area contributed by atoms with E-state index in [9.17, 15) is 13.2 Å². The molecule has 0 unspecified atom stereocenters. The number of aliphatic carboxylic acids is 1. The monoisotopic (exact) mass is 491 g/mol. The molecule has 176 valence electrons. The number of benzene rings is 2. The molecule has 1 aliphatic rings. The highest BCUT2D eigenvalue weighted by atomic mass is 32.2. The van der Waals surface area contributed by atoms with Crippen LogP contribution in [0.25, 0.3) is 10.2 Å². The Labute approximate surface area is 196 Å². The van der Waals surface area contributed by atoms with Gasteiger partial charge in [0.1, 0.15) is 5.75 Å². The first-order valence-electron chi connectivity index (χ1n) is 10.5. The summed E-state index contributed by atoms with van der Waals surface area (Å²) >= 11 is 1.53. The van der Waals surface area contributed by atoms with E-state index in [-0.39, 0.29) is 17.9 Å². The molecule has 9 nitrogen and oxygen atoms in total. The van der Waals surface area contributed by atoms with E-state index >= 15 is 0 Å². The first-order chi connectivity index (χ1) is 15.8. The van der Waals surface area contributed by atoms with Crippen LogP contribution in [0.1, 0.15) is 18.4 Å². The van der Waals surface area contributed by atoms with E-state index in [2.05, 4.69) is 14.6 Å². The molecule has 2 aromatic carbocycles. The molecule has 0 bridgehead atoms. The van der Waals surface area contributed by atoms with Crippen LogP contribution in [0.5, 0.6) is 5.75 Å². The molecule has 1 aliphatic heterocycles. The Kier molecular flexibility index (Phi) is 7.01. The standard InChI is InChI=1S/C22H25N3O6S2/c1-15-13-17(5-7-19(15)31-10-2-3-21(26)27)33(28,29)24-16-4-6-18-20(14-16)32-22(23-18)25-8-11-30-12-9-25/h4-7,13-14,24H,2-3,8-12H2,1H3,(H,26,27). The summed E-state index contributed by atoms with van der Waals surface area (Å²) in [6.07, 6.45) is 0.400. The normalized spacial score (nSPS) is 14.4. The molecule has 0 aliphatic carbocycles. The number of carboxylic acid groups (broad SMARTS) is 1. The predicted molar refractivity (Wildman–Crippen MR) is 127 cm³/mol. The fourth-order valence-corrected chi connectivity index (χ4v) is 5.63. The van der Waals surface area contributed by atoms with Gasteiger partial charge < -0.3 is 19.5 Å². The molecule has 11 heteroatoms. The Morgan fingerprint density at radius 1 is 1.24 bits per heavy atom. The Hall–Kier alpha value is -2.89. The number of hydrogen-bond donors (Lipinski definition) is 2. The number of ether oxygens (including phenoxy) is 2. The molecule has 0 spiro atoms. The van der Waals surface area contributed by atoms with Gasteiger partial charge in [-0.3, -0.25) is 9.52 Å². The van der Waals surface area contributed by atoms with Gasteiger partial charge in [0.25, 0.3) is 10.0 Å². The number of thiazole rings is 1. The first kappa shape index (κ1) is 23.3. The van der Waals surface area contributed by atoms with Gasteiger partial charge in [-0.05, 0) is 55.3 Å². The van der Waals surface area contributed by atoms with Gasteiger partial charge in [0.15, 0.2) is 5.13 Å². The van der Waals surface area contributed by atoms with Crippen molar-refractivity contribution in [2.45, 2.75) is 24.7 Å². The van der Waals surface area contributed by atoms with Crippen molar-refractivity contribution >= 4 is 48.4 Å². The van der Waals surface area contributed by atoms with Crippen molar-refractivity contribution in [3.05, 3.63) is 42.0 Å². The number of carboxylic acids is 1. The van der Waals surface area contributed by atoms with Crippen LogP contribution in [0.3, 0.4) is 0 Å². The second kappa shape index (κ2) is 9.94. The van der Waals surface area contributed by atoms with E-state index in [1.54, 1.807) is 25.1 Å². The van der Waals surface area contributed by atoms with E-state index in [4.69, 9.17) is 14.6 Å². The fourth-order valence-electron chi connectivity index (χ4n) is 3.44. The highest BCUT2D eigenvalue weighted by molar-refractivity contribution is 7.92. The Balaban J connectivity index is 1.46. The summed E-state index contributed by atoms with van der Waals surface area (Å²) in [7, 11) is -3.80. The van der Waals surface area contributed by atoms with Crippen molar-refractivity contribution < 1.29 is 27.8 Å². The largest absolute Gasteiger partial charge is 0.493 e. The first-order valence-corrected chi connectivity index (χ1v) is 12.8. The van der Waals surface area contributed by atoms with Crippen molar-refractivity contribution in [1.82, 2.24) is 4.98 Å². The van der Waals surface area contributed by atoms with Crippen LogP contribution in [-0.2, 0) is 19.6 Å². The second-order valence-electron chi connectivity index (χ2n) is 7.66. The average Bonchev–Trinajstić information content (AvgIpc) is 3.21. The van der Waals surface area contributed by atoms with Crippen LogP contribution in [0.2, 0.25) is 0 Å². The van der Waals surface area contributed by atoms with Crippen molar-refractivity contribution in [2.24, 2.45) is 0 Å². The number of sulfonamides is 1. The van der Waals surface area contributed by atoms with Crippen LogP contribution in [0.15, 0.2) is 41.3 Å². The predicted octanol–water partition coefficient (Wildman–Crippen LogP) is 3.49. The molecular formula is C22H25N3O6S2. The summed E-state index contributed by atoms with van der Waals surface area (Å²) in [5.74, 6) is -0.349. The molecule has 0 radical (unpaired) electrons. The number of nitrogens with zero attached hydrogens (tertiary/aromatic N) is 2. The molecule has 1 saturated heterocycles. The van der Waals surface area contributed by atoms with E-state index in [0.717, 1.165) is 28.4 Å². The third-order valence-electron chi connectivity index (χ3n) is 5.16. The van der Waals surface area contributed by atoms with E-state index < -0.39 is 16.0 Å². The van der Waals surface area contributed by atoms with Gasteiger partial charge in [-0.1, -0.05) is 11.3 Å². The molecule has 2 N–H and O–H groups in total. The average molecular weight is 492 g/mol. The van der Waals surface area contributed by atoms with Gasteiger partial charge in [0, 0.05) is 19.5 Å². The lowest BCUT2D eigenvalue weighted by Gasteiger charge is -2.25. The van der Waals surface area contributed by atoms with Crippen molar-refractivity contribution in [3.8, 4) is 5.75 Å². The number of hydrogen-bond acceptors (Lipinski definition) is 8. The number of anilines is 2. The van der Waals surface area contributed by atoms with Crippen LogP contribution in [0, 0.1) is 6.92 Å². The van der Waals surface area contributed by atoms with Gasteiger partial charge in [-0.15, -0.1) is 0 Å².